The van der Waals surface area contributed by atoms with Gasteiger partial charge in [0, 0.05) is 12.8 Å². The van der Waals surface area contributed by atoms with Gasteiger partial charge in [0.1, 0.15) is 0 Å². The monoisotopic (exact) mass is 172 g/mol. The first-order chi connectivity index (χ1) is 4.40. The highest BCUT2D eigenvalue weighted by atomic mass is 35.5. The summed E-state index contributed by atoms with van der Waals surface area (Å²) >= 11 is 4.61. The average molecular weight is 173 g/mol. The normalized spacial score (nSPS) is 36.8. The second-order valence-corrected chi connectivity index (χ2v) is 2.62. The predicted molar refractivity (Wildman–Crippen MR) is 28.9 cm³/mol. The van der Waals surface area contributed by atoms with E-state index in [4.69, 9.17) is 0 Å². The summed E-state index contributed by atoms with van der Waals surface area (Å²) in [4.78, 5) is 10.1. The minimum atomic E-state index is -3.55. The molecule has 1 rings (SSSR count). The van der Waals surface area contributed by atoms with Gasteiger partial charge in [0.25, 0.3) is 11.2 Å². The molecule has 0 spiro atoms. The fraction of sp³-hybridized carbons (Fsp3) is 0.800. The first-order valence-electron chi connectivity index (χ1n) is 2.67. The van der Waals surface area contributed by atoms with E-state index in [2.05, 4.69) is 11.6 Å². The Labute approximate surface area is 60.2 Å². The molecule has 0 amide bonds. The molecule has 0 heterocycles. The van der Waals surface area contributed by atoms with Crippen LogP contribution in [0.15, 0.2) is 0 Å². The zero-order chi connectivity index (χ0) is 7.99. The topological polar surface area (TPSA) is 17.1 Å². The van der Waals surface area contributed by atoms with Crippen molar-refractivity contribution in [2.24, 2.45) is 0 Å². The van der Waals surface area contributed by atoms with E-state index < -0.39 is 29.7 Å². The maximum Gasteiger partial charge on any atom is 0.290 e. The third kappa shape index (κ3) is 0.746. The van der Waals surface area contributed by atoms with Gasteiger partial charge in [-0.2, -0.15) is 0 Å². The second-order valence-electron chi connectivity index (χ2n) is 2.28. The van der Waals surface area contributed by atoms with Crippen LogP contribution in [0.1, 0.15) is 12.8 Å². The van der Waals surface area contributed by atoms with Crippen LogP contribution in [0.5, 0.6) is 0 Å². The van der Waals surface area contributed by atoms with Crippen molar-refractivity contribution in [1.82, 2.24) is 0 Å². The van der Waals surface area contributed by atoms with Gasteiger partial charge in [0.05, 0.1) is 0 Å². The van der Waals surface area contributed by atoms with E-state index in [0.717, 1.165) is 0 Å². The molecule has 0 N–H and O–H groups in total. The van der Waals surface area contributed by atoms with Crippen molar-refractivity contribution in [2.45, 2.75) is 24.4 Å². The molecule has 0 aromatic heterocycles. The van der Waals surface area contributed by atoms with Gasteiger partial charge < -0.3 is 0 Å². The largest absolute Gasteiger partial charge is 0.290 e. The molecular formula is C5H4ClF3O. The predicted octanol–water partition coefficient (Wildman–Crippen LogP) is 1.89. The lowest BCUT2D eigenvalue weighted by atomic mass is 9.78. The van der Waals surface area contributed by atoms with Gasteiger partial charge in [-0.05, 0) is 11.6 Å². The van der Waals surface area contributed by atoms with Crippen LogP contribution in [0.4, 0.5) is 13.2 Å². The molecule has 0 aromatic rings. The fourth-order valence-corrected chi connectivity index (χ4v) is 1.01. The van der Waals surface area contributed by atoms with Gasteiger partial charge >= 0.3 is 0 Å². The Morgan fingerprint density at radius 3 is 1.80 bits per heavy atom. The first-order valence-corrected chi connectivity index (χ1v) is 3.05. The zero-order valence-electron chi connectivity index (χ0n) is 4.83. The molecule has 0 saturated heterocycles. The van der Waals surface area contributed by atoms with E-state index in [1.165, 1.54) is 0 Å². The molecule has 58 valence electrons. The number of halogens is 4. The Kier molecular flexibility index (Phi) is 1.47. The Morgan fingerprint density at radius 2 is 1.80 bits per heavy atom. The van der Waals surface area contributed by atoms with Crippen molar-refractivity contribution >= 4 is 16.8 Å². The molecule has 1 fully saturated rings. The quantitative estimate of drug-likeness (QED) is 0.552. The minimum Gasteiger partial charge on any atom is -0.277 e. The number of rotatable bonds is 1. The van der Waals surface area contributed by atoms with Crippen molar-refractivity contribution in [2.75, 3.05) is 0 Å². The van der Waals surface area contributed by atoms with Gasteiger partial charge in [-0.15, -0.1) is 0 Å². The molecule has 0 aromatic carbocycles. The van der Waals surface area contributed by atoms with Crippen molar-refractivity contribution in [3.63, 3.8) is 0 Å². The van der Waals surface area contributed by atoms with Crippen molar-refractivity contribution in [3.8, 4) is 0 Å². The van der Waals surface area contributed by atoms with Crippen LogP contribution >= 0.6 is 11.6 Å². The first kappa shape index (κ1) is 7.85. The van der Waals surface area contributed by atoms with Gasteiger partial charge in [-0.1, -0.05) is 0 Å². The smallest absolute Gasteiger partial charge is 0.277 e. The molecule has 1 aliphatic carbocycles. The summed E-state index contributed by atoms with van der Waals surface area (Å²) in [6.07, 6.45) is -1.07. The molecule has 1 saturated carbocycles. The third-order valence-electron chi connectivity index (χ3n) is 1.67. The summed E-state index contributed by atoms with van der Waals surface area (Å²) in [5.74, 6) is -3.55. The van der Waals surface area contributed by atoms with Crippen LogP contribution in [0.2, 0.25) is 0 Å². The number of carbonyl (C=O) groups is 1. The van der Waals surface area contributed by atoms with E-state index in [0.29, 0.717) is 0 Å². The van der Waals surface area contributed by atoms with E-state index >= 15 is 0 Å². The molecule has 0 bridgehead atoms. The summed E-state index contributed by atoms with van der Waals surface area (Å²) in [7, 11) is 0. The summed E-state index contributed by atoms with van der Waals surface area (Å²) in [6, 6.07) is 0. The zero-order valence-corrected chi connectivity index (χ0v) is 5.59. The van der Waals surface area contributed by atoms with Gasteiger partial charge in [0.2, 0.25) is 5.67 Å². The van der Waals surface area contributed by atoms with Crippen LogP contribution in [0.3, 0.4) is 0 Å². The minimum absolute atomic E-state index is 0.470. The fourth-order valence-electron chi connectivity index (χ4n) is 0.776. The standard InChI is InChI=1S/C5H4ClF3O/c6-3(10)4(7)1-2-5(4,8)9/h1-2H2. The molecule has 1 atom stereocenters. The Hall–Kier alpha value is -0.250. The third-order valence-corrected chi connectivity index (χ3v) is 1.97. The van der Waals surface area contributed by atoms with Gasteiger partial charge in [-0.3, -0.25) is 4.79 Å². The summed E-state index contributed by atoms with van der Waals surface area (Å²) in [5.41, 5.74) is -3.09. The lowest BCUT2D eigenvalue weighted by Crippen LogP contribution is -2.57. The Morgan fingerprint density at radius 1 is 1.30 bits per heavy atom. The Balaban J connectivity index is 2.81. The highest BCUT2D eigenvalue weighted by Crippen LogP contribution is 2.50. The number of hydrogen-bond donors (Lipinski definition) is 0. The van der Waals surface area contributed by atoms with E-state index in [1.807, 2.05) is 0 Å². The van der Waals surface area contributed by atoms with Crippen LogP contribution in [-0.2, 0) is 4.79 Å². The van der Waals surface area contributed by atoms with E-state index in [1.54, 1.807) is 0 Å². The summed E-state index contributed by atoms with van der Waals surface area (Å²) in [5, 5.41) is -1.59. The lowest BCUT2D eigenvalue weighted by molar-refractivity contribution is -0.203. The number of hydrogen-bond acceptors (Lipinski definition) is 1. The second kappa shape index (κ2) is 1.87. The molecule has 1 nitrogen and oxygen atoms in total. The van der Waals surface area contributed by atoms with E-state index in [9.17, 15) is 18.0 Å². The molecule has 0 aliphatic heterocycles. The lowest BCUT2D eigenvalue weighted by Gasteiger charge is -2.39. The van der Waals surface area contributed by atoms with Gasteiger partial charge in [-0.25, -0.2) is 13.2 Å². The molecule has 5 heteroatoms. The van der Waals surface area contributed by atoms with Crippen LogP contribution in [-0.4, -0.2) is 16.8 Å². The Bertz CT molecular complexity index is 182. The van der Waals surface area contributed by atoms with Crippen LogP contribution < -0.4 is 0 Å². The van der Waals surface area contributed by atoms with Crippen LogP contribution in [0.25, 0.3) is 0 Å². The molecule has 0 radical (unpaired) electrons. The maximum absolute atomic E-state index is 12.6. The van der Waals surface area contributed by atoms with Crippen molar-refractivity contribution in [1.29, 1.82) is 0 Å². The SMILES string of the molecule is O=C(Cl)C1(F)CCC1(F)F. The molecule has 1 unspecified atom stereocenters. The summed E-state index contributed by atoms with van der Waals surface area (Å²) < 4.78 is 36.9. The molecular weight excluding hydrogens is 169 g/mol. The van der Waals surface area contributed by atoms with Crippen LogP contribution in [0, 0.1) is 0 Å². The summed E-state index contributed by atoms with van der Waals surface area (Å²) in [6.45, 7) is 0. The van der Waals surface area contributed by atoms with Gasteiger partial charge in [0.15, 0.2) is 0 Å². The number of alkyl halides is 3. The highest BCUT2D eigenvalue weighted by molar-refractivity contribution is 6.65. The molecule has 1 aliphatic rings. The average Bonchev–Trinajstić information content (AvgIpc) is 1.83. The van der Waals surface area contributed by atoms with E-state index in [-0.39, 0.29) is 0 Å². The maximum atomic E-state index is 12.6. The number of carbonyl (C=O) groups excluding carboxylic acids is 1. The molecule has 10 heavy (non-hydrogen) atoms. The highest BCUT2D eigenvalue weighted by Gasteiger charge is 2.67. The van der Waals surface area contributed by atoms with Crippen molar-refractivity contribution < 1.29 is 18.0 Å². The van der Waals surface area contributed by atoms with Crippen molar-refractivity contribution in [3.05, 3.63) is 0 Å².